The van der Waals surface area contributed by atoms with Gasteiger partial charge in [0.1, 0.15) is 5.76 Å². The predicted octanol–water partition coefficient (Wildman–Crippen LogP) is 3.68. The van der Waals surface area contributed by atoms with Crippen LogP contribution in [-0.2, 0) is 5.75 Å². The van der Waals surface area contributed by atoms with Gasteiger partial charge in [-0.25, -0.2) is 4.79 Å². The average Bonchev–Trinajstić information content (AvgIpc) is 3.19. The van der Waals surface area contributed by atoms with Crippen LogP contribution in [0.25, 0.3) is 0 Å². The molecule has 0 spiro atoms. The minimum absolute atomic E-state index is 0.0809. The molecule has 6 nitrogen and oxygen atoms in total. The van der Waals surface area contributed by atoms with Crippen molar-refractivity contribution in [2.45, 2.75) is 42.0 Å². The van der Waals surface area contributed by atoms with Crippen molar-refractivity contribution in [3.8, 4) is 0 Å². The van der Waals surface area contributed by atoms with Gasteiger partial charge in [0.2, 0.25) is 0 Å². The van der Waals surface area contributed by atoms with Crippen molar-refractivity contribution < 1.29 is 9.21 Å². The Morgan fingerprint density at radius 1 is 1.26 bits per heavy atom. The fraction of sp³-hybridized carbons (Fsp3) is 0.450. The number of nitrogens with zero attached hydrogens (tertiary/aromatic N) is 1. The second-order valence-corrected chi connectivity index (χ2v) is 8.42. The van der Waals surface area contributed by atoms with Crippen molar-refractivity contribution in [3.63, 3.8) is 0 Å². The number of thioether (sulfide) groups is 1. The van der Waals surface area contributed by atoms with Gasteiger partial charge in [-0.3, -0.25) is 10.9 Å². The minimum atomic E-state index is -0.0809. The summed E-state index contributed by atoms with van der Waals surface area (Å²) in [4.78, 5) is 15.3. The standard InChI is InChI=1S/C20H26N4O2S/c1-24(12-16-11-19(23-22-16)14-4-5-14)20(25)21-15-6-8-18(9-7-15)27-13-17-3-2-10-26-17/h2-3,6-10,14,16,19,22-23H,4-5,11-13H2,1H3,(H,21,25). The number of carbonyl (C=O) groups excluding carboxylic acids is 1. The predicted molar refractivity (Wildman–Crippen MR) is 108 cm³/mol. The van der Waals surface area contributed by atoms with Crippen LogP contribution in [0.1, 0.15) is 25.0 Å². The van der Waals surface area contributed by atoms with E-state index in [0.717, 1.165) is 34.4 Å². The molecule has 1 aliphatic carbocycles. The molecule has 2 atom stereocenters. The van der Waals surface area contributed by atoms with E-state index >= 15 is 0 Å². The lowest BCUT2D eigenvalue weighted by Crippen LogP contribution is -2.43. The molecular weight excluding hydrogens is 360 g/mol. The van der Waals surface area contributed by atoms with Gasteiger partial charge in [0.25, 0.3) is 0 Å². The summed E-state index contributed by atoms with van der Waals surface area (Å²) >= 11 is 1.71. The topological polar surface area (TPSA) is 69.5 Å². The summed E-state index contributed by atoms with van der Waals surface area (Å²) in [6.45, 7) is 0.694. The first kappa shape index (κ1) is 18.4. The molecule has 7 heteroatoms. The normalized spacial score (nSPS) is 22.0. The third-order valence-electron chi connectivity index (χ3n) is 5.11. The average molecular weight is 387 g/mol. The van der Waals surface area contributed by atoms with Gasteiger partial charge >= 0.3 is 6.03 Å². The molecule has 1 aliphatic heterocycles. The van der Waals surface area contributed by atoms with Crippen molar-refractivity contribution in [2.75, 3.05) is 18.9 Å². The molecule has 0 bridgehead atoms. The molecule has 0 radical (unpaired) electrons. The molecule has 4 rings (SSSR count). The van der Waals surface area contributed by atoms with Gasteiger partial charge in [0.05, 0.1) is 12.0 Å². The molecule has 1 aromatic heterocycles. The molecule has 2 fully saturated rings. The SMILES string of the molecule is CN(CC1CC(C2CC2)NN1)C(=O)Nc1ccc(SCc2ccco2)cc1. The van der Waals surface area contributed by atoms with Gasteiger partial charge in [0, 0.05) is 36.3 Å². The second-order valence-electron chi connectivity index (χ2n) is 7.37. The molecule has 2 unspecified atom stereocenters. The number of urea groups is 1. The third kappa shape index (κ3) is 5.06. The number of likely N-dealkylation sites (N-methyl/N-ethyl adjacent to an activating group) is 1. The number of furan rings is 1. The van der Waals surface area contributed by atoms with Crippen LogP contribution in [0.2, 0.25) is 0 Å². The Hall–Kier alpha value is -1.96. The van der Waals surface area contributed by atoms with Crippen LogP contribution < -0.4 is 16.2 Å². The van der Waals surface area contributed by atoms with Crippen LogP contribution in [0.4, 0.5) is 10.5 Å². The lowest BCUT2D eigenvalue weighted by Gasteiger charge is -2.21. The van der Waals surface area contributed by atoms with Crippen molar-refractivity contribution in [1.82, 2.24) is 15.8 Å². The maximum Gasteiger partial charge on any atom is 0.321 e. The van der Waals surface area contributed by atoms with Crippen LogP contribution >= 0.6 is 11.8 Å². The van der Waals surface area contributed by atoms with E-state index in [1.165, 1.54) is 12.8 Å². The number of benzene rings is 1. The summed E-state index contributed by atoms with van der Waals surface area (Å²) < 4.78 is 5.34. The summed E-state index contributed by atoms with van der Waals surface area (Å²) in [5.74, 6) is 2.58. The van der Waals surface area contributed by atoms with E-state index in [1.807, 2.05) is 43.4 Å². The van der Waals surface area contributed by atoms with Crippen LogP contribution in [-0.4, -0.2) is 36.6 Å². The number of hydrogen-bond donors (Lipinski definition) is 3. The van der Waals surface area contributed by atoms with Gasteiger partial charge < -0.3 is 14.6 Å². The number of carbonyl (C=O) groups is 1. The number of hydrazine groups is 1. The van der Waals surface area contributed by atoms with Crippen LogP contribution in [0, 0.1) is 5.92 Å². The van der Waals surface area contributed by atoms with E-state index in [9.17, 15) is 4.79 Å². The first-order chi connectivity index (χ1) is 13.2. The fourth-order valence-corrected chi connectivity index (χ4v) is 4.20. The molecule has 3 N–H and O–H groups in total. The molecule has 1 saturated heterocycles. The summed E-state index contributed by atoms with van der Waals surface area (Å²) in [6, 6.07) is 12.6. The first-order valence-electron chi connectivity index (χ1n) is 9.46. The van der Waals surface area contributed by atoms with Crippen molar-refractivity contribution in [2.24, 2.45) is 5.92 Å². The van der Waals surface area contributed by atoms with Crippen LogP contribution in [0.5, 0.6) is 0 Å². The Bertz CT molecular complexity index is 746. The Morgan fingerprint density at radius 2 is 2.07 bits per heavy atom. The van der Waals surface area contributed by atoms with Crippen molar-refractivity contribution in [1.29, 1.82) is 0 Å². The highest BCUT2D eigenvalue weighted by molar-refractivity contribution is 7.98. The second kappa shape index (κ2) is 8.37. The van der Waals surface area contributed by atoms with E-state index < -0.39 is 0 Å². The zero-order chi connectivity index (χ0) is 18.6. The summed E-state index contributed by atoms with van der Waals surface area (Å²) in [6.07, 6.45) is 5.44. The molecule has 2 heterocycles. The van der Waals surface area contributed by atoms with E-state index in [4.69, 9.17) is 4.42 Å². The lowest BCUT2D eigenvalue weighted by molar-refractivity contribution is 0.217. The largest absolute Gasteiger partial charge is 0.468 e. The number of nitrogens with one attached hydrogen (secondary N) is 3. The minimum Gasteiger partial charge on any atom is -0.468 e. The van der Waals surface area contributed by atoms with Gasteiger partial charge in [0.15, 0.2) is 0 Å². The zero-order valence-corrected chi connectivity index (χ0v) is 16.3. The highest BCUT2D eigenvalue weighted by Crippen LogP contribution is 2.35. The highest BCUT2D eigenvalue weighted by atomic mass is 32.2. The summed E-state index contributed by atoms with van der Waals surface area (Å²) in [5.41, 5.74) is 7.51. The quantitative estimate of drug-likeness (QED) is 0.633. The lowest BCUT2D eigenvalue weighted by atomic mass is 10.1. The molecule has 2 amide bonds. The van der Waals surface area contributed by atoms with E-state index in [2.05, 4.69) is 16.2 Å². The molecule has 27 heavy (non-hydrogen) atoms. The Labute approximate surface area is 164 Å². The first-order valence-corrected chi connectivity index (χ1v) is 10.4. The third-order valence-corrected chi connectivity index (χ3v) is 6.14. The fourth-order valence-electron chi connectivity index (χ4n) is 3.39. The maximum atomic E-state index is 12.4. The molecular formula is C20H26N4O2S. The monoisotopic (exact) mass is 386 g/mol. The van der Waals surface area contributed by atoms with Crippen molar-refractivity contribution >= 4 is 23.5 Å². The number of rotatable bonds is 7. The van der Waals surface area contributed by atoms with Gasteiger partial charge in [-0.1, -0.05) is 0 Å². The van der Waals surface area contributed by atoms with E-state index in [0.29, 0.717) is 18.6 Å². The molecule has 144 valence electrons. The summed E-state index contributed by atoms with van der Waals surface area (Å²) in [5, 5.41) is 2.97. The van der Waals surface area contributed by atoms with Gasteiger partial charge in [-0.05, 0) is 61.6 Å². The highest BCUT2D eigenvalue weighted by Gasteiger charge is 2.36. The van der Waals surface area contributed by atoms with E-state index in [-0.39, 0.29) is 6.03 Å². The van der Waals surface area contributed by atoms with Crippen LogP contribution in [0.15, 0.2) is 52.0 Å². The zero-order valence-electron chi connectivity index (χ0n) is 15.5. The number of anilines is 1. The molecule has 2 aromatic rings. The smallest absolute Gasteiger partial charge is 0.321 e. The Morgan fingerprint density at radius 3 is 2.78 bits per heavy atom. The Balaban J connectivity index is 1.22. The Kier molecular flexibility index (Phi) is 5.71. The molecule has 2 aliphatic rings. The summed E-state index contributed by atoms with van der Waals surface area (Å²) in [7, 11) is 1.84. The molecule has 1 aromatic carbocycles. The maximum absolute atomic E-state index is 12.4. The van der Waals surface area contributed by atoms with Crippen LogP contribution in [0.3, 0.4) is 0 Å². The van der Waals surface area contributed by atoms with Gasteiger partial charge in [-0.2, -0.15) is 0 Å². The molecule has 1 saturated carbocycles. The van der Waals surface area contributed by atoms with Crippen molar-refractivity contribution in [3.05, 3.63) is 48.4 Å². The van der Waals surface area contributed by atoms with Gasteiger partial charge in [-0.15, -0.1) is 11.8 Å². The number of amides is 2. The number of hydrogen-bond acceptors (Lipinski definition) is 5. The van der Waals surface area contributed by atoms with E-state index in [1.54, 1.807) is 22.9 Å².